The van der Waals surface area contributed by atoms with E-state index < -0.39 is 16.0 Å². The molecule has 1 heterocycles. The van der Waals surface area contributed by atoms with Gasteiger partial charge < -0.3 is 9.15 Å². The molecular weight excluding hydrogens is 390 g/mol. The summed E-state index contributed by atoms with van der Waals surface area (Å²) in [5, 5.41) is 0.527. The van der Waals surface area contributed by atoms with Crippen LogP contribution in [0.15, 0.2) is 51.8 Å². The van der Waals surface area contributed by atoms with E-state index in [4.69, 9.17) is 9.15 Å². The highest BCUT2D eigenvalue weighted by Crippen LogP contribution is 2.32. The molecular formula is C22H25NO5S. The Morgan fingerprint density at radius 3 is 2.52 bits per heavy atom. The van der Waals surface area contributed by atoms with E-state index in [1.165, 1.54) is 12.1 Å². The number of ether oxygens (including phenoxy) is 1. The predicted octanol–water partition coefficient (Wildman–Crippen LogP) is 5.20. The van der Waals surface area contributed by atoms with Gasteiger partial charge in [0.1, 0.15) is 16.9 Å². The quantitative estimate of drug-likeness (QED) is 0.404. The van der Waals surface area contributed by atoms with Crippen molar-refractivity contribution in [2.45, 2.75) is 44.9 Å². The van der Waals surface area contributed by atoms with Gasteiger partial charge in [0.2, 0.25) is 0 Å². The number of aryl methyl sites for hydroxylation is 2. The van der Waals surface area contributed by atoms with Crippen LogP contribution in [0, 0.1) is 13.8 Å². The van der Waals surface area contributed by atoms with E-state index in [0.29, 0.717) is 40.2 Å². The normalized spacial score (nSPS) is 11.6. The number of benzene rings is 2. The Labute approximate surface area is 170 Å². The molecule has 3 aromatic rings. The van der Waals surface area contributed by atoms with Crippen LogP contribution in [0.2, 0.25) is 0 Å². The van der Waals surface area contributed by atoms with Gasteiger partial charge in [0, 0.05) is 5.39 Å². The van der Waals surface area contributed by atoms with E-state index >= 15 is 0 Å². The highest BCUT2D eigenvalue weighted by Gasteiger charge is 2.22. The maximum absolute atomic E-state index is 12.7. The third-order valence-corrected chi connectivity index (χ3v) is 6.08. The zero-order valence-corrected chi connectivity index (χ0v) is 17.6. The van der Waals surface area contributed by atoms with Crippen LogP contribution < -0.4 is 4.72 Å². The van der Waals surface area contributed by atoms with Gasteiger partial charge in [0.15, 0.2) is 0 Å². The summed E-state index contributed by atoms with van der Waals surface area (Å²) >= 11 is 0. The number of carbonyl (C=O) groups is 1. The Balaban J connectivity index is 1.94. The van der Waals surface area contributed by atoms with Crippen molar-refractivity contribution < 1.29 is 22.4 Å². The molecule has 0 aliphatic heterocycles. The van der Waals surface area contributed by atoms with Crippen molar-refractivity contribution >= 4 is 32.6 Å². The van der Waals surface area contributed by atoms with Crippen LogP contribution >= 0.6 is 0 Å². The minimum absolute atomic E-state index is 0.165. The van der Waals surface area contributed by atoms with E-state index in [-0.39, 0.29) is 4.90 Å². The maximum Gasteiger partial charge on any atom is 0.342 e. The minimum Gasteiger partial charge on any atom is -0.462 e. The maximum atomic E-state index is 12.7. The minimum atomic E-state index is -3.75. The van der Waals surface area contributed by atoms with Gasteiger partial charge in [-0.25, -0.2) is 13.2 Å². The molecule has 0 fully saturated rings. The second-order valence-corrected chi connectivity index (χ2v) is 8.64. The largest absolute Gasteiger partial charge is 0.462 e. The Bertz CT molecular complexity index is 1120. The highest BCUT2D eigenvalue weighted by atomic mass is 32.2. The van der Waals surface area contributed by atoms with Gasteiger partial charge in [-0.3, -0.25) is 4.72 Å². The van der Waals surface area contributed by atoms with E-state index in [1.54, 1.807) is 44.2 Å². The molecule has 0 spiro atoms. The molecule has 1 aromatic heterocycles. The third-order valence-electron chi connectivity index (χ3n) is 4.69. The van der Waals surface area contributed by atoms with Crippen molar-refractivity contribution in [3.05, 3.63) is 59.4 Å². The fraction of sp³-hybridized carbons (Fsp3) is 0.318. The summed E-state index contributed by atoms with van der Waals surface area (Å²) in [6.45, 7) is 5.91. The van der Waals surface area contributed by atoms with Gasteiger partial charge in [0.05, 0.1) is 17.2 Å². The molecule has 0 atom stereocenters. The molecule has 0 aliphatic carbocycles. The number of furan rings is 1. The fourth-order valence-corrected chi connectivity index (χ4v) is 4.27. The number of hydrogen-bond acceptors (Lipinski definition) is 5. The van der Waals surface area contributed by atoms with Crippen molar-refractivity contribution in [3.63, 3.8) is 0 Å². The second kappa shape index (κ2) is 8.69. The molecule has 154 valence electrons. The summed E-state index contributed by atoms with van der Waals surface area (Å²) < 4.78 is 39.1. The number of rotatable bonds is 8. The fourth-order valence-electron chi connectivity index (χ4n) is 3.12. The van der Waals surface area contributed by atoms with Gasteiger partial charge >= 0.3 is 5.97 Å². The van der Waals surface area contributed by atoms with Crippen LogP contribution in [0.25, 0.3) is 11.0 Å². The van der Waals surface area contributed by atoms with E-state index in [0.717, 1.165) is 19.3 Å². The molecule has 0 saturated heterocycles. The first-order valence-corrected chi connectivity index (χ1v) is 11.1. The van der Waals surface area contributed by atoms with Crippen molar-refractivity contribution in [1.82, 2.24) is 0 Å². The van der Waals surface area contributed by atoms with Gasteiger partial charge in [0.25, 0.3) is 10.0 Å². The topological polar surface area (TPSA) is 85.6 Å². The summed E-state index contributed by atoms with van der Waals surface area (Å²) in [4.78, 5) is 12.8. The zero-order valence-electron chi connectivity index (χ0n) is 16.8. The number of carbonyl (C=O) groups excluding carboxylic acids is 1. The number of nitrogens with one attached hydrogen (secondary N) is 1. The van der Waals surface area contributed by atoms with E-state index in [1.807, 2.05) is 0 Å². The standard InChI is InChI=1S/C22H25NO5S/c1-4-5-9-12-27-22(24)21-16(3)28-20-13-15(2)19(14-18(20)21)23-29(25,26)17-10-7-6-8-11-17/h6-8,10-11,13-14,23H,4-5,9,12H2,1-3H3. The van der Waals surface area contributed by atoms with Crippen LogP contribution in [-0.4, -0.2) is 21.0 Å². The number of hydrogen-bond donors (Lipinski definition) is 1. The number of unbranched alkanes of at least 4 members (excludes halogenated alkanes) is 2. The lowest BCUT2D eigenvalue weighted by molar-refractivity contribution is 0.0498. The average Bonchev–Trinajstić information content (AvgIpc) is 3.00. The van der Waals surface area contributed by atoms with E-state index in [9.17, 15) is 13.2 Å². The lowest BCUT2D eigenvalue weighted by Gasteiger charge is -2.11. The van der Waals surface area contributed by atoms with Crippen LogP contribution in [0.3, 0.4) is 0 Å². The highest BCUT2D eigenvalue weighted by molar-refractivity contribution is 7.92. The number of esters is 1. The average molecular weight is 416 g/mol. The first-order chi connectivity index (χ1) is 13.8. The van der Waals surface area contributed by atoms with Crippen molar-refractivity contribution in [1.29, 1.82) is 0 Å². The van der Waals surface area contributed by atoms with Crippen molar-refractivity contribution in [2.75, 3.05) is 11.3 Å². The van der Waals surface area contributed by atoms with Gasteiger partial charge in [-0.2, -0.15) is 0 Å². The molecule has 0 radical (unpaired) electrons. The summed E-state index contributed by atoms with van der Waals surface area (Å²) in [6.07, 6.45) is 2.83. The molecule has 3 rings (SSSR count). The van der Waals surface area contributed by atoms with Gasteiger partial charge in [-0.1, -0.05) is 38.0 Å². The molecule has 0 saturated carbocycles. The SMILES string of the molecule is CCCCCOC(=O)c1c(C)oc2cc(C)c(NS(=O)(=O)c3ccccc3)cc12. The summed E-state index contributed by atoms with van der Waals surface area (Å²) in [5.41, 5.74) is 1.93. The molecule has 2 aromatic carbocycles. The summed E-state index contributed by atoms with van der Waals surface area (Å²) in [5.74, 6) is -0.0129. The second-order valence-electron chi connectivity index (χ2n) is 6.96. The molecule has 1 N–H and O–H groups in total. The van der Waals surface area contributed by atoms with Crippen molar-refractivity contribution in [2.24, 2.45) is 0 Å². The molecule has 7 heteroatoms. The van der Waals surface area contributed by atoms with Crippen molar-refractivity contribution in [3.8, 4) is 0 Å². The Hall–Kier alpha value is -2.80. The van der Waals surface area contributed by atoms with Gasteiger partial charge in [-0.05, 0) is 50.1 Å². The molecule has 0 unspecified atom stereocenters. The van der Waals surface area contributed by atoms with Crippen LogP contribution in [0.5, 0.6) is 0 Å². The Kier molecular flexibility index (Phi) is 6.27. The van der Waals surface area contributed by atoms with Crippen LogP contribution in [0.1, 0.15) is 47.9 Å². The Morgan fingerprint density at radius 2 is 1.83 bits per heavy atom. The Morgan fingerprint density at radius 1 is 1.10 bits per heavy atom. The number of sulfonamides is 1. The smallest absolute Gasteiger partial charge is 0.342 e. The number of fused-ring (bicyclic) bond motifs is 1. The predicted molar refractivity (Wildman–Crippen MR) is 113 cm³/mol. The first-order valence-electron chi connectivity index (χ1n) is 9.62. The first kappa shape index (κ1) is 20.9. The summed E-state index contributed by atoms with van der Waals surface area (Å²) in [7, 11) is -3.75. The lowest BCUT2D eigenvalue weighted by atomic mass is 10.1. The van der Waals surface area contributed by atoms with Gasteiger partial charge in [-0.15, -0.1) is 0 Å². The monoisotopic (exact) mass is 415 g/mol. The van der Waals surface area contributed by atoms with E-state index in [2.05, 4.69) is 11.6 Å². The van der Waals surface area contributed by atoms with Crippen LogP contribution in [-0.2, 0) is 14.8 Å². The zero-order chi connectivity index (χ0) is 21.0. The number of anilines is 1. The summed E-state index contributed by atoms with van der Waals surface area (Å²) in [6, 6.07) is 11.5. The molecule has 6 nitrogen and oxygen atoms in total. The molecule has 0 aliphatic rings. The lowest BCUT2D eigenvalue weighted by Crippen LogP contribution is -2.13. The third kappa shape index (κ3) is 4.62. The molecule has 0 amide bonds. The van der Waals surface area contributed by atoms with Crippen LogP contribution in [0.4, 0.5) is 5.69 Å². The molecule has 29 heavy (non-hydrogen) atoms. The molecule has 0 bridgehead atoms.